The molecular formula is C13H18N2O. The van der Waals surface area contributed by atoms with Crippen molar-refractivity contribution in [2.75, 3.05) is 0 Å². The number of hydrogen-bond donors (Lipinski definition) is 0. The summed E-state index contributed by atoms with van der Waals surface area (Å²) in [7, 11) is 0. The van der Waals surface area contributed by atoms with E-state index in [1.54, 1.807) is 13.3 Å². The van der Waals surface area contributed by atoms with Crippen molar-refractivity contribution >= 4 is 5.78 Å². The molecule has 0 amide bonds. The molecule has 2 rings (SSSR count). The van der Waals surface area contributed by atoms with Crippen molar-refractivity contribution in [1.29, 1.82) is 0 Å². The Kier molecular flexibility index (Phi) is 3.32. The Bertz CT molecular complexity index is 401. The molecular weight excluding hydrogens is 200 g/mol. The van der Waals surface area contributed by atoms with Gasteiger partial charge in [0.25, 0.3) is 0 Å². The number of aromatic nitrogens is 2. The van der Waals surface area contributed by atoms with Crippen LogP contribution in [0.3, 0.4) is 0 Å². The first kappa shape index (κ1) is 11.2. The Balaban J connectivity index is 2.43. The number of fused-ring (bicyclic) bond motifs is 1. The second kappa shape index (κ2) is 4.73. The van der Waals surface area contributed by atoms with Gasteiger partial charge in [-0.15, -0.1) is 0 Å². The van der Waals surface area contributed by atoms with Crippen LogP contribution in [0.5, 0.6) is 0 Å². The number of carbonyl (C=O) groups is 1. The van der Waals surface area contributed by atoms with Crippen molar-refractivity contribution in [2.24, 2.45) is 0 Å². The second-order valence-electron chi connectivity index (χ2n) is 4.46. The van der Waals surface area contributed by atoms with Gasteiger partial charge in [0, 0.05) is 5.69 Å². The first-order valence-electron chi connectivity index (χ1n) is 6.07. The summed E-state index contributed by atoms with van der Waals surface area (Å²) >= 11 is 0. The third-order valence-corrected chi connectivity index (χ3v) is 3.39. The third-order valence-electron chi connectivity index (χ3n) is 3.39. The Morgan fingerprint density at radius 1 is 1.38 bits per heavy atom. The lowest BCUT2D eigenvalue weighted by Gasteiger charge is -2.20. The first-order valence-corrected chi connectivity index (χ1v) is 6.07. The minimum absolute atomic E-state index is 0.0325. The predicted octanol–water partition coefficient (Wildman–Crippen LogP) is 2.44. The molecule has 0 saturated heterocycles. The van der Waals surface area contributed by atoms with Gasteiger partial charge in [0.15, 0.2) is 0 Å². The number of carbonyl (C=O) groups excluding carboxylic acids is 1. The minimum Gasteiger partial charge on any atom is -0.299 e. The Hall–Kier alpha value is -1.25. The van der Waals surface area contributed by atoms with Crippen molar-refractivity contribution in [3.63, 3.8) is 0 Å². The number of nitrogens with zero attached hydrogens (tertiary/aromatic N) is 2. The summed E-state index contributed by atoms with van der Waals surface area (Å²) < 4.78 is 0. The van der Waals surface area contributed by atoms with Gasteiger partial charge < -0.3 is 0 Å². The normalized spacial score (nSPS) is 16.6. The zero-order chi connectivity index (χ0) is 11.5. The van der Waals surface area contributed by atoms with Crippen LogP contribution in [0.4, 0.5) is 0 Å². The second-order valence-corrected chi connectivity index (χ2v) is 4.46. The number of ketones is 1. The standard InChI is InChI=1S/C13H18N2O/c1-3-10(9(2)16)13-11-6-4-5-7-12(11)14-8-15-13/h8,10H,3-7H2,1-2H3. The van der Waals surface area contributed by atoms with Crippen LogP contribution in [-0.2, 0) is 17.6 Å². The van der Waals surface area contributed by atoms with Gasteiger partial charge in [0.2, 0.25) is 0 Å². The van der Waals surface area contributed by atoms with Gasteiger partial charge in [-0.25, -0.2) is 9.97 Å². The summed E-state index contributed by atoms with van der Waals surface area (Å²) in [6, 6.07) is 0. The molecule has 0 fully saturated rings. The van der Waals surface area contributed by atoms with E-state index in [9.17, 15) is 4.79 Å². The van der Waals surface area contributed by atoms with E-state index in [1.165, 1.54) is 18.4 Å². The van der Waals surface area contributed by atoms with Gasteiger partial charge in [-0.3, -0.25) is 4.79 Å². The zero-order valence-electron chi connectivity index (χ0n) is 9.99. The molecule has 0 aromatic carbocycles. The molecule has 1 aromatic heterocycles. The van der Waals surface area contributed by atoms with Crippen molar-refractivity contribution in [3.8, 4) is 0 Å². The number of rotatable bonds is 3. The Labute approximate surface area is 96.3 Å². The molecule has 86 valence electrons. The number of Topliss-reactive ketones (excluding diaryl/α,β-unsaturated/α-hetero) is 1. The molecule has 0 aliphatic heterocycles. The highest BCUT2D eigenvalue weighted by molar-refractivity contribution is 5.83. The molecule has 1 aliphatic rings. The van der Waals surface area contributed by atoms with E-state index in [1.807, 2.05) is 6.92 Å². The molecule has 1 heterocycles. The first-order chi connectivity index (χ1) is 7.74. The zero-order valence-corrected chi connectivity index (χ0v) is 9.99. The van der Waals surface area contributed by atoms with Crippen LogP contribution in [0, 0.1) is 0 Å². The van der Waals surface area contributed by atoms with E-state index in [-0.39, 0.29) is 11.7 Å². The Morgan fingerprint density at radius 2 is 2.12 bits per heavy atom. The van der Waals surface area contributed by atoms with Crippen molar-refractivity contribution < 1.29 is 4.79 Å². The maximum atomic E-state index is 11.6. The topological polar surface area (TPSA) is 42.9 Å². The number of hydrogen-bond acceptors (Lipinski definition) is 3. The van der Waals surface area contributed by atoms with Crippen LogP contribution in [-0.4, -0.2) is 15.8 Å². The molecule has 3 nitrogen and oxygen atoms in total. The lowest BCUT2D eigenvalue weighted by molar-refractivity contribution is -0.118. The molecule has 0 saturated carbocycles. The van der Waals surface area contributed by atoms with Crippen LogP contribution < -0.4 is 0 Å². The fourth-order valence-corrected chi connectivity index (χ4v) is 2.52. The summed E-state index contributed by atoms with van der Waals surface area (Å²) in [5.74, 6) is 0.184. The van der Waals surface area contributed by atoms with Gasteiger partial charge in [-0.05, 0) is 44.6 Å². The molecule has 16 heavy (non-hydrogen) atoms. The highest BCUT2D eigenvalue weighted by atomic mass is 16.1. The van der Waals surface area contributed by atoms with Crippen molar-refractivity contribution in [3.05, 3.63) is 23.3 Å². The van der Waals surface area contributed by atoms with Crippen LogP contribution >= 0.6 is 0 Å². The van der Waals surface area contributed by atoms with Gasteiger partial charge in [0.05, 0.1) is 11.6 Å². The van der Waals surface area contributed by atoms with Gasteiger partial charge in [0.1, 0.15) is 12.1 Å². The highest BCUT2D eigenvalue weighted by Gasteiger charge is 2.23. The Morgan fingerprint density at radius 3 is 2.81 bits per heavy atom. The van der Waals surface area contributed by atoms with Crippen LogP contribution in [0.15, 0.2) is 6.33 Å². The molecule has 0 bridgehead atoms. The average Bonchev–Trinajstić information content (AvgIpc) is 2.30. The van der Waals surface area contributed by atoms with E-state index >= 15 is 0 Å². The van der Waals surface area contributed by atoms with Gasteiger partial charge >= 0.3 is 0 Å². The quantitative estimate of drug-likeness (QED) is 0.782. The van der Waals surface area contributed by atoms with E-state index in [0.717, 1.165) is 30.7 Å². The van der Waals surface area contributed by atoms with E-state index in [2.05, 4.69) is 9.97 Å². The molecule has 3 heteroatoms. The summed E-state index contributed by atoms with van der Waals surface area (Å²) in [5.41, 5.74) is 3.39. The smallest absolute Gasteiger partial charge is 0.138 e. The van der Waals surface area contributed by atoms with Crippen LogP contribution in [0.1, 0.15) is 56.0 Å². The maximum Gasteiger partial charge on any atom is 0.138 e. The SMILES string of the molecule is CCC(C(C)=O)c1ncnc2c1CCCC2. The molecule has 1 aliphatic carbocycles. The summed E-state index contributed by atoms with van der Waals surface area (Å²) in [6.45, 7) is 3.70. The molecule has 1 atom stereocenters. The largest absolute Gasteiger partial charge is 0.299 e. The lowest BCUT2D eigenvalue weighted by atomic mass is 9.87. The molecule has 1 unspecified atom stereocenters. The van der Waals surface area contributed by atoms with E-state index in [0.29, 0.717) is 0 Å². The molecule has 0 spiro atoms. The molecule has 0 N–H and O–H groups in total. The summed E-state index contributed by atoms with van der Waals surface area (Å²) in [5, 5.41) is 0. The number of aryl methyl sites for hydroxylation is 1. The predicted molar refractivity (Wildman–Crippen MR) is 62.4 cm³/mol. The molecule has 0 radical (unpaired) electrons. The van der Waals surface area contributed by atoms with Crippen LogP contribution in [0.2, 0.25) is 0 Å². The van der Waals surface area contributed by atoms with E-state index < -0.39 is 0 Å². The van der Waals surface area contributed by atoms with Crippen molar-refractivity contribution in [1.82, 2.24) is 9.97 Å². The lowest BCUT2D eigenvalue weighted by Crippen LogP contribution is -2.17. The van der Waals surface area contributed by atoms with Gasteiger partial charge in [-0.1, -0.05) is 6.92 Å². The van der Waals surface area contributed by atoms with Crippen molar-refractivity contribution in [2.45, 2.75) is 51.9 Å². The summed E-state index contributed by atoms with van der Waals surface area (Å²) in [4.78, 5) is 20.3. The van der Waals surface area contributed by atoms with Gasteiger partial charge in [-0.2, -0.15) is 0 Å². The minimum atomic E-state index is -0.0325. The van der Waals surface area contributed by atoms with E-state index in [4.69, 9.17) is 0 Å². The molecule has 1 aromatic rings. The average molecular weight is 218 g/mol. The highest BCUT2D eigenvalue weighted by Crippen LogP contribution is 2.28. The third kappa shape index (κ3) is 1.99. The fraction of sp³-hybridized carbons (Fsp3) is 0.615. The monoisotopic (exact) mass is 218 g/mol. The fourth-order valence-electron chi connectivity index (χ4n) is 2.52. The van der Waals surface area contributed by atoms with Crippen LogP contribution in [0.25, 0.3) is 0 Å². The maximum absolute atomic E-state index is 11.6. The summed E-state index contributed by atoms with van der Waals surface area (Å²) in [6.07, 6.45) is 6.93.